The van der Waals surface area contributed by atoms with E-state index in [0.29, 0.717) is 13.1 Å². The first-order valence-corrected chi connectivity index (χ1v) is 7.39. The molecular formula is C11H14ClFN2O2S. The summed E-state index contributed by atoms with van der Waals surface area (Å²) >= 11 is 5.62. The normalized spacial score (nSPS) is 21.4. The number of nitrogens with zero attached hydrogens (tertiary/aromatic N) is 1. The molecule has 2 rings (SSSR count). The van der Waals surface area contributed by atoms with E-state index in [2.05, 4.69) is 0 Å². The number of anilines is 1. The molecule has 0 bridgehead atoms. The van der Waals surface area contributed by atoms with Crippen LogP contribution in [-0.2, 0) is 10.0 Å². The van der Waals surface area contributed by atoms with Crippen LogP contribution in [0.4, 0.5) is 10.1 Å². The fourth-order valence-electron chi connectivity index (χ4n) is 2.02. The van der Waals surface area contributed by atoms with Gasteiger partial charge in [0, 0.05) is 18.8 Å². The summed E-state index contributed by atoms with van der Waals surface area (Å²) in [5, 5.41) is -0.277. The minimum atomic E-state index is -3.85. The van der Waals surface area contributed by atoms with Gasteiger partial charge >= 0.3 is 0 Å². The van der Waals surface area contributed by atoms with Gasteiger partial charge in [0.2, 0.25) is 10.0 Å². The molecule has 7 heteroatoms. The van der Waals surface area contributed by atoms with Crippen LogP contribution in [-0.4, -0.2) is 25.8 Å². The SMILES string of the molecule is CC1CCN(S(=O)(=O)c2cc(N)cc(Cl)c2F)C1. The number of rotatable bonds is 2. The molecule has 0 spiro atoms. The van der Waals surface area contributed by atoms with Gasteiger partial charge in [-0.05, 0) is 24.5 Å². The van der Waals surface area contributed by atoms with Gasteiger partial charge in [-0.3, -0.25) is 0 Å². The summed E-state index contributed by atoms with van der Waals surface area (Å²) in [6.45, 7) is 2.75. The maximum atomic E-state index is 13.8. The second kappa shape index (κ2) is 4.68. The third-order valence-electron chi connectivity index (χ3n) is 3.02. The number of halogens is 2. The van der Waals surface area contributed by atoms with E-state index >= 15 is 0 Å². The van der Waals surface area contributed by atoms with Crippen LogP contribution in [0.2, 0.25) is 5.02 Å². The van der Waals surface area contributed by atoms with Gasteiger partial charge in [-0.15, -0.1) is 0 Å². The Bertz CT molecular complexity index is 577. The summed E-state index contributed by atoms with van der Waals surface area (Å²) in [6.07, 6.45) is 0.775. The Labute approximate surface area is 111 Å². The molecule has 1 saturated heterocycles. The molecule has 1 aliphatic heterocycles. The standard InChI is InChI=1S/C11H14ClFN2O2S/c1-7-2-3-15(6-7)18(16,17)10-5-8(14)4-9(12)11(10)13/h4-5,7H,2-3,6,14H2,1H3. The van der Waals surface area contributed by atoms with Crippen LogP contribution in [0.3, 0.4) is 0 Å². The average molecular weight is 293 g/mol. The van der Waals surface area contributed by atoms with Crippen LogP contribution in [0.15, 0.2) is 17.0 Å². The lowest BCUT2D eigenvalue weighted by molar-refractivity contribution is 0.458. The summed E-state index contributed by atoms with van der Waals surface area (Å²) in [6, 6.07) is 2.31. The molecule has 18 heavy (non-hydrogen) atoms. The van der Waals surface area contributed by atoms with Crippen molar-refractivity contribution in [3.63, 3.8) is 0 Å². The molecule has 1 heterocycles. The lowest BCUT2D eigenvalue weighted by atomic mass is 10.2. The molecular weight excluding hydrogens is 279 g/mol. The molecule has 0 aromatic heterocycles. The maximum Gasteiger partial charge on any atom is 0.246 e. The molecule has 1 atom stereocenters. The highest BCUT2D eigenvalue weighted by Crippen LogP contribution is 2.30. The fourth-order valence-corrected chi connectivity index (χ4v) is 4.00. The van der Waals surface area contributed by atoms with E-state index in [-0.39, 0.29) is 16.6 Å². The fraction of sp³-hybridized carbons (Fsp3) is 0.455. The molecule has 0 aliphatic carbocycles. The third kappa shape index (κ3) is 2.32. The Balaban J connectivity index is 2.48. The molecule has 1 aromatic rings. The van der Waals surface area contributed by atoms with Crippen molar-refractivity contribution in [2.75, 3.05) is 18.8 Å². The third-order valence-corrected chi connectivity index (χ3v) is 5.16. The summed E-state index contributed by atoms with van der Waals surface area (Å²) in [4.78, 5) is -0.443. The molecule has 1 aliphatic rings. The molecule has 1 aromatic carbocycles. The lowest BCUT2D eigenvalue weighted by Gasteiger charge is -2.17. The molecule has 0 saturated carbocycles. The second-order valence-electron chi connectivity index (χ2n) is 4.57. The first-order chi connectivity index (χ1) is 8.32. The van der Waals surface area contributed by atoms with Crippen LogP contribution in [0, 0.1) is 11.7 Å². The van der Waals surface area contributed by atoms with Crippen LogP contribution in [0.5, 0.6) is 0 Å². The monoisotopic (exact) mass is 292 g/mol. The molecule has 0 radical (unpaired) electrons. The Hall–Kier alpha value is -0.850. The maximum absolute atomic E-state index is 13.8. The van der Waals surface area contributed by atoms with Gasteiger partial charge in [0.1, 0.15) is 4.90 Å². The van der Waals surface area contributed by atoms with E-state index in [1.807, 2.05) is 6.92 Å². The molecule has 2 N–H and O–H groups in total. The van der Waals surface area contributed by atoms with Crippen LogP contribution in [0.1, 0.15) is 13.3 Å². The van der Waals surface area contributed by atoms with E-state index in [1.165, 1.54) is 10.4 Å². The Morgan fingerprint density at radius 1 is 1.50 bits per heavy atom. The highest BCUT2D eigenvalue weighted by molar-refractivity contribution is 7.89. The molecule has 1 unspecified atom stereocenters. The van der Waals surface area contributed by atoms with Crippen molar-refractivity contribution >= 4 is 27.3 Å². The van der Waals surface area contributed by atoms with Gasteiger partial charge < -0.3 is 5.73 Å². The largest absolute Gasteiger partial charge is 0.399 e. The van der Waals surface area contributed by atoms with Gasteiger partial charge in [0.15, 0.2) is 5.82 Å². The Kier molecular flexibility index (Phi) is 3.53. The van der Waals surface area contributed by atoms with Crippen molar-refractivity contribution in [3.05, 3.63) is 23.0 Å². The minimum Gasteiger partial charge on any atom is -0.399 e. The van der Waals surface area contributed by atoms with Gasteiger partial charge in [0.05, 0.1) is 5.02 Å². The van der Waals surface area contributed by atoms with Crippen molar-refractivity contribution in [2.45, 2.75) is 18.2 Å². The Morgan fingerprint density at radius 2 is 2.17 bits per heavy atom. The molecule has 1 fully saturated rings. The number of benzene rings is 1. The van der Waals surface area contributed by atoms with Crippen molar-refractivity contribution in [1.82, 2.24) is 4.31 Å². The van der Waals surface area contributed by atoms with Crippen LogP contribution < -0.4 is 5.73 Å². The summed E-state index contributed by atoms with van der Waals surface area (Å²) < 4.78 is 39.7. The van der Waals surface area contributed by atoms with Crippen LogP contribution in [0.25, 0.3) is 0 Å². The predicted octanol–water partition coefficient (Wildman–Crippen LogP) is 2.09. The van der Waals surface area contributed by atoms with Gasteiger partial charge in [-0.2, -0.15) is 4.31 Å². The van der Waals surface area contributed by atoms with E-state index in [4.69, 9.17) is 17.3 Å². The quantitative estimate of drug-likeness (QED) is 0.849. The molecule has 100 valence electrons. The van der Waals surface area contributed by atoms with Gasteiger partial charge in [-0.25, -0.2) is 12.8 Å². The van der Waals surface area contributed by atoms with Crippen molar-refractivity contribution in [3.8, 4) is 0 Å². The first-order valence-electron chi connectivity index (χ1n) is 5.57. The topological polar surface area (TPSA) is 63.4 Å². The highest BCUT2D eigenvalue weighted by atomic mass is 35.5. The average Bonchev–Trinajstić information content (AvgIpc) is 2.70. The van der Waals surface area contributed by atoms with E-state index < -0.39 is 20.7 Å². The van der Waals surface area contributed by atoms with E-state index in [9.17, 15) is 12.8 Å². The van der Waals surface area contributed by atoms with Crippen molar-refractivity contribution in [1.29, 1.82) is 0 Å². The minimum absolute atomic E-state index is 0.132. The molecule has 0 amide bonds. The number of hydrogen-bond donors (Lipinski definition) is 1. The lowest BCUT2D eigenvalue weighted by Crippen LogP contribution is -2.29. The zero-order valence-corrected chi connectivity index (χ0v) is 11.4. The van der Waals surface area contributed by atoms with Crippen LogP contribution >= 0.6 is 11.6 Å². The number of hydrogen-bond acceptors (Lipinski definition) is 3. The van der Waals surface area contributed by atoms with Gasteiger partial charge in [0.25, 0.3) is 0 Å². The first kappa shape index (κ1) is 13.6. The van der Waals surface area contributed by atoms with Crippen molar-refractivity contribution in [2.24, 2.45) is 5.92 Å². The summed E-state index contributed by atoms with van der Waals surface area (Å²) in [7, 11) is -3.85. The van der Waals surface area contributed by atoms with Gasteiger partial charge in [-0.1, -0.05) is 18.5 Å². The number of nitrogen functional groups attached to an aromatic ring is 1. The number of nitrogens with two attached hydrogens (primary N) is 1. The zero-order valence-electron chi connectivity index (χ0n) is 9.86. The zero-order chi connectivity index (χ0) is 13.5. The van der Waals surface area contributed by atoms with E-state index in [1.54, 1.807) is 0 Å². The predicted molar refractivity (Wildman–Crippen MR) is 68.4 cm³/mol. The Morgan fingerprint density at radius 3 is 2.72 bits per heavy atom. The second-order valence-corrected chi connectivity index (χ2v) is 6.89. The summed E-state index contributed by atoms with van der Waals surface area (Å²) in [5.41, 5.74) is 5.65. The smallest absolute Gasteiger partial charge is 0.246 e. The summed E-state index contributed by atoms with van der Waals surface area (Å²) in [5.74, 6) is -0.662. The van der Waals surface area contributed by atoms with E-state index in [0.717, 1.165) is 12.5 Å². The highest BCUT2D eigenvalue weighted by Gasteiger charge is 2.33. The number of sulfonamides is 1. The van der Waals surface area contributed by atoms with Crippen molar-refractivity contribution < 1.29 is 12.8 Å². The molecule has 4 nitrogen and oxygen atoms in total.